The van der Waals surface area contributed by atoms with Gasteiger partial charge in [0, 0.05) is 6.54 Å². The number of nitrogens with zero attached hydrogens (tertiary/aromatic N) is 3. The zero-order valence-electron chi connectivity index (χ0n) is 12.7. The van der Waals surface area contributed by atoms with Crippen LogP contribution in [-0.2, 0) is 17.4 Å². The number of alkyl halides is 3. The number of nitrogens with one attached hydrogen (secondary N) is 1. The molecule has 0 aliphatic carbocycles. The van der Waals surface area contributed by atoms with E-state index in [9.17, 15) is 18.0 Å². The van der Waals surface area contributed by atoms with Crippen molar-refractivity contribution in [2.45, 2.75) is 29.9 Å². The Balaban J connectivity index is 1.87. The van der Waals surface area contributed by atoms with Crippen LogP contribution in [0.1, 0.15) is 18.3 Å². The maximum absolute atomic E-state index is 12.6. The maximum Gasteiger partial charge on any atom is 0.453 e. The second kappa shape index (κ2) is 7.56. The number of amides is 1. The van der Waals surface area contributed by atoms with Crippen LogP contribution in [0.2, 0.25) is 0 Å². The fourth-order valence-electron chi connectivity index (χ4n) is 1.88. The van der Waals surface area contributed by atoms with Gasteiger partial charge in [-0.1, -0.05) is 42.1 Å². The zero-order valence-corrected chi connectivity index (χ0v) is 13.6. The van der Waals surface area contributed by atoms with E-state index in [2.05, 4.69) is 15.5 Å². The molecule has 1 atom stereocenters. The molecule has 130 valence electrons. The number of aromatic nitrogens is 3. The van der Waals surface area contributed by atoms with Crippen molar-refractivity contribution in [3.05, 3.63) is 41.7 Å². The predicted octanol–water partition coefficient (Wildman–Crippen LogP) is 1.85. The Morgan fingerprint density at radius 2 is 2.00 bits per heavy atom. The molecule has 2 aromatic rings. The summed E-state index contributed by atoms with van der Waals surface area (Å²) in [6.07, 6.45) is -4.03. The Kier molecular flexibility index (Phi) is 5.71. The molecule has 1 heterocycles. The van der Waals surface area contributed by atoms with Gasteiger partial charge in [-0.15, -0.1) is 10.2 Å². The Hall–Kier alpha value is -2.23. The summed E-state index contributed by atoms with van der Waals surface area (Å²) in [7, 11) is 0. The van der Waals surface area contributed by atoms with E-state index in [0.29, 0.717) is 17.6 Å². The van der Waals surface area contributed by atoms with Crippen LogP contribution in [0, 0.1) is 0 Å². The summed E-state index contributed by atoms with van der Waals surface area (Å²) in [5.41, 5.74) is 1.08. The first-order valence-corrected chi connectivity index (χ1v) is 7.93. The molecule has 3 N–H and O–H groups in total. The van der Waals surface area contributed by atoms with Crippen molar-refractivity contribution in [1.82, 2.24) is 20.2 Å². The number of nitrogens with two attached hydrogens (primary N) is 1. The number of rotatable bonds is 6. The lowest BCUT2D eigenvalue weighted by Gasteiger charge is -2.12. The van der Waals surface area contributed by atoms with Crippen LogP contribution in [0.25, 0.3) is 0 Å². The van der Waals surface area contributed by atoms with Gasteiger partial charge in [-0.05, 0) is 18.9 Å². The second-order valence-electron chi connectivity index (χ2n) is 4.96. The van der Waals surface area contributed by atoms with Crippen LogP contribution in [0.15, 0.2) is 35.5 Å². The van der Waals surface area contributed by atoms with Crippen LogP contribution in [0.3, 0.4) is 0 Å². The largest absolute Gasteiger partial charge is 0.453 e. The molecule has 0 fully saturated rings. The third-order valence-electron chi connectivity index (χ3n) is 3.13. The number of carbonyl (C=O) groups excluding carboxylic acids is 1. The highest BCUT2D eigenvalue weighted by Crippen LogP contribution is 2.29. The average molecular weight is 359 g/mol. The molecule has 1 aromatic heterocycles. The highest BCUT2D eigenvalue weighted by atomic mass is 32.2. The average Bonchev–Trinajstić information content (AvgIpc) is 2.89. The van der Waals surface area contributed by atoms with Crippen molar-refractivity contribution in [1.29, 1.82) is 0 Å². The zero-order chi connectivity index (χ0) is 17.7. The van der Waals surface area contributed by atoms with Gasteiger partial charge < -0.3 is 11.2 Å². The minimum Gasteiger partial charge on any atom is -0.355 e. The van der Waals surface area contributed by atoms with Gasteiger partial charge in [0.1, 0.15) is 0 Å². The minimum atomic E-state index is -4.69. The second-order valence-corrected chi connectivity index (χ2v) is 6.27. The fourth-order valence-corrected chi connectivity index (χ4v) is 2.68. The van der Waals surface area contributed by atoms with E-state index < -0.39 is 17.3 Å². The third kappa shape index (κ3) is 4.63. The molecule has 24 heavy (non-hydrogen) atoms. The molecule has 0 saturated carbocycles. The number of nitrogen functional groups attached to an aromatic ring is 1. The molecule has 0 saturated heterocycles. The van der Waals surface area contributed by atoms with E-state index in [1.54, 1.807) is 6.92 Å². The van der Waals surface area contributed by atoms with Crippen LogP contribution < -0.4 is 11.2 Å². The molecule has 1 amide bonds. The minimum absolute atomic E-state index is 0.173. The molecule has 6 nitrogen and oxygen atoms in total. The van der Waals surface area contributed by atoms with Crippen molar-refractivity contribution in [3.8, 4) is 0 Å². The molecule has 0 bridgehead atoms. The third-order valence-corrected chi connectivity index (χ3v) is 4.18. The molecule has 0 aliphatic rings. The van der Waals surface area contributed by atoms with E-state index in [1.165, 1.54) is 0 Å². The van der Waals surface area contributed by atoms with Gasteiger partial charge in [-0.3, -0.25) is 4.79 Å². The molecular weight excluding hydrogens is 343 g/mol. The van der Waals surface area contributed by atoms with Gasteiger partial charge >= 0.3 is 6.18 Å². The van der Waals surface area contributed by atoms with Gasteiger partial charge in [0.15, 0.2) is 0 Å². The van der Waals surface area contributed by atoms with E-state index in [0.717, 1.165) is 17.3 Å². The molecule has 1 aromatic carbocycles. The maximum atomic E-state index is 12.6. The topological polar surface area (TPSA) is 85.8 Å². The van der Waals surface area contributed by atoms with E-state index in [1.807, 2.05) is 30.3 Å². The molecular formula is C14H16F3N5OS. The smallest absolute Gasteiger partial charge is 0.355 e. The molecule has 0 aliphatic heterocycles. The van der Waals surface area contributed by atoms with Crippen molar-refractivity contribution in [3.63, 3.8) is 0 Å². The fraction of sp³-hybridized carbons (Fsp3) is 0.357. The lowest BCUT2D eigenvalue weighted by atomic mass is 10.1. The summed E-state index contributed by atoms with van der Waals surface area (Å²) >= 11 is 0.814. The standard InChI is InChI=1S/C14H16F3N5OS/c1-9(11(23)19-8-7-10-5-3-2-4-6-10)24-13-21-20-12(22(13)18)14(15,16)17/h2-6,9H,7-8,18H2,1H3,(H,19,23). The van der Waals surface area contributed by atoms with Crippen LogP contribution in [0.4, 0.5) is 13.2 Å². The van der Waals surface area contributed by atoms with Crippen molar-refractivity contribution in [2.75, 3.05) is 12.4 Å². The van der Waals surface area contributed by atoms with Crippen LogP contribution in [-0.4, -0.2) is 32.6 Å². The Labute approximate surface area is 140 Å². The first-order valence-electron chi connectivity index (χ1n) is 7.05. The molecule has 10 heteroatoms. The SMILES string of the molecule is CC(Sc1nnc(C(F)(F)F)n1N)C(=O)NCCc1ccccc1. The molecule has 1 unspecified atom stereocenters. The monoisotopic (exact) mass is 359 g/mol. The van der Waals surface area contributed by atoms with Gasteiger partial charge in [0.2, 0.25) is 11.1 Å². The van der Waals surface area contributed by atoms with E-state index in [4.69, 9.17) is 5.84 Å². The Morgan fingerprint density at radius 1 is 1.33 bits per heavy atom. The number of benzene rings is 1. The summed E-state index contributed by atoms with van der Waals surface area (Å²) in [5, 5.41) is 8.29. The lowest BCUT2D eigenvalue weighted by Crippen LogP contribution is -2.33. The molecule has 0 spiro atoms. The van der Waals surface area contributed by atoms with Crippen molar-refractivity contribution >= 4 is 17.7 Å². The van der Waals surface area contributed by atoms with Gasteiger partial charge in [0.05, 0.1) is 5.25 Å². The lowest BCUT2D eigenvalue weighted by molar-refractivity contribution is -0.146. The van der Waals surface area contributed by atoms with Crippen molar-refractivity contribution < 1.29 is 18.0 Å². The normalized spacial score (nSPS) is 12.8. The Bertz CT molecular complexity index is 689. The van der Waals surface area contributed by atoms with Gasteiger partial charge in [-0.25, -0.2) is 4.68 Å². The first kappa shape index (κ1) is 18.1. The van der Waals surface area contributed by atoms with Crippen LogP contribution >= 0.6 is 11.8 Å². The summed E-state index contributed by atoms with van der Waals surface area (Å²) in [6.45, 7) is 1.99. The van der Waals surface area contributed by atoms with Crippen LogP contribution in [0.5, 0.6) is 0 Å². The highest BCUT2D eigenvalue weighted by molar-refractivity contribution is 8.00. The van der Waals surface area contributed by atoms with E-state index in [-0.39, 0.29) is 11.1 Å². The summed E-state index contributed by atoms with van der Waals surface area (Å²) < 4.78 is 38.1. The number of hydrogen-bond acceptors (Lipinski definition) is 5. The summed E-state index contributed by atoms with van der Waals surface area (Å²) in [6, 6.07) is 9.60. The Morgan fingerprint density at radius 3 is 2.58 bits per heavy atom. The predicted molar refractivity (Wildman–Crippen MR) is 83.6 cm³/mol. The van der Waals surface area contributed by atoms with E-state index >= 15 is 0 Å². The van der Waals surface area contributed by atoms with Gasteiger partial charge in [0.25, 0.3) is 5.82 Å². The number of carbonyl (C=O) groups is 1. The number of hydrogen-bond donors (Lipinski definition) is 2. The summed E-state index contributed by atoms with van der Waals surface area (Å²) in [5.74, 6) is 3.72. The number of halogens is 3. The molecule has 0 radical (unpaired) electrons. The summed E-state index contributed by atoms with van der Waals surface area (Å²) in [4.78, 5) is 12.0. The van der Waals surface area contributed by atoms with Crippen molar-refractivity contribution in [2.24, 2.45) is 0 Å². The number of thioether (sulfide) groups is 1. The van der Waals surface area contributed by atoms with Gasteiger partial charge in [-0.2, -0.15) is 13.2 Å². The first-order chi connectivity index (χ1) is 11.3. The molecule has 2 rings (SSSR count). The highest BCUT2D eigenvalue weighted by Gasteiger charge is 2.38. The quantitative estimate of drug-likeness (QED) is 0.607.